The maximum absolute atomic E-state index is 13.1. The fraction of sp³-hybridized carbons (Fsp3) is 0.536. The Morgan fingerprint density at radius 1 is 1.11 bits per heavy atom. The molecule has 204 valence electrons. The monoisotopic (exact) mass is 541 g/mol. The smallest absolute Gasteiger partial charge is 0.262 e. The highest BCUT2D eigenvalue weighted by molar-refractivity contribution is 6.30. The molecule has 2 saturated heterocycles. The van der Waals surface area contributed by atoms with Crippen molar-refractivity contribution in [3.63, 3.8) is 0 Å². The third kappa shape index (κ3) is 6.22. The molecule has 10 heteroatoms. The minimum atomic E-state index is -0.164. The van der Waals surface area contributed by atoms with Gasteiger partial charge in [-0.05, 0) is 31.4 Å². The molecule has 0 saturated carbocycles. The van der Waals surface area contributed by atoms with Crippen molar-refractivity contribution in [3.8, 4) is 17.1 Å². The number of benzene rings is 1. The molecule has 1 amide bonds. The van der Waals surface area contributed by atoms with Crippen molar-refractivity contribution >= 4 is 23.3 Å². The molecule has 0 bridgehead atoms. The number of rotatable bonds is 9. The number of unbranched alkanes of at least 4 members (excludes halogenated alkanes) is 2. The van der Waals surface area contributed by atoms with Crippen LogP contribution in [-0.4, -0.2) is 81.7 Å². The molecule has 4 heterocycles. The zero-order valence-electron chi connectivity index (χ0n) is 22.0. The van der Waals surface area contributed by atoms with E-state index >= 15 is 0 Å². The molecule has 0 N–H and O–H groups in total. The Bertz CT molecular complexity index is 1290. The molecule has 38 heavy (non-hydrogen) atoms. The van der Waals surface area contributed by atoms with Crippen molar-refractivity contribution in [3.05, 3.63) is 51.9 Å². The number of piperidine rings is 1. The number of aromatic nitrogens is 3. The Kier molecular flexibility index (Phi) is 8.66. The van der Waals surface area contributed by atoms with Crippen molar-refractivity contribution in [2.45, 2.75) is 51.7 Å². The van der Waals surface area contributed by atoms with Gasteiger partial charge in [-0.1, -0.05) is 43.5 Å². The summed E-state index contributed by atoms with van der Waals surface area (Å²) >= 11 is 6.06. The number of fused-ring (bicyclic) bond motifs is 1. The predicted octanol–water partition coefficient (Wildman–Crippen LogP) is 3.71. The van der Waals surface area contributed by atoms with Gasteiger partial charge in [0.2, 0.25) is 17.6 Å². The van der Waals surface area contributed by atoms with E-state index in [0.717, 1.165) is 63.0 Å². The van der Waals surface area contributed by atoms with Gasteiger partial charge in [-0.25, -0.2) is 4.98 Å². The van der Waals surface area contributed by atoms with Crippen LogP contribution in [0, 0.1) is 0 Å². The summed E-state index contributed by atoms with van der Waals surface area (Å²) in [5, 5.41) is 0.656. The van der Waals surface area contributed by atoms with Crippen molar-refractivity contribution in [2.75, 3.05) is 45.9 Å². The lowest BCUT2D eigenvalue weighted by molar-refractivity contribution is -0.136. The Labute approximate surface area is 227 Å². The summed E-state index contributed by atoms with van der Waals surface area (Å²) in [5.74, 6) is 1.32. The highest BCUT2D eigenvalue weighted by Gasteiger charge is 2.26. The molecule has 0 atom stereocenters. The van der Waals surface area contributed by atoms with Crippen LogP contribution in [0.2, 0.25) is 5.02 Å². The lowest BCUT2D eigenvalue weighted by Crippen LogP contribution is -2.48. The van der Waals surface area contributed by atoms with Gasteiger partial charge in [0.1, 0.15) is 6.10 Å². The highest BCUT2D eigenvalue weighted by Crippen LogP contribution is 2.25. The number of halogens is 1. The molecule has 2 aromatic heterocycles. The molecule has 0 unspecified atom stereocenters. The molecule has 3 aromatic rings. The summed E-state index contributed by atoms with van der Waals surface area (Å²) in [4.78, 5) is 34.7. The maximum Gasteiger partial charge on any atom is 0.262 e. The molecule has 2 aliphatic rings. The van der Waals surface area contributed by atoms with Crippen LogP contribution in [0.25, 0.3) is 17.0 Å². The van der Waals surface area contributed by atoms with E-state index in [4.69, 9.17) is 26.1 Å². The number of imidazole rings is 1. The first-order valence-corrected chi connectivity index (χ1v) is 14.0. The first-order valence-electron chi connectivity index (χ1n) is 13.6. The van der Waals surface area contributed by atoms with Gasteiger partial charge < -0.3 is 14.4 Å². The van der Waals surface area contributed by atoms with E-state index in [1.807, 2.05) is 33.7 Å². The fourth-order valence-corrected chi connectivity index (χ4v) is 5.25. The molecule has 2 fully saturated rings. The largest absolute Gasteiger partial charge is 0.475 e. The fourth-order valence-electron chi connectivity index (χ4n) is 5.12. The first-order chi connectivity index (χ1) is 18.5. The number of aryl methyl sites for hydroxylation is 1. The molecule has 9 nitrogen and oxygen atoms in total. The van der Waals surface area contributed by atoms with Gasteiger partial charge in [0, 0.05) is 49.5 Å². The normalized spacial score (nSPS) is 17.3. The van der Waals surface area contributed by atoms with Gasteiger partial charge in [-0.3, -0.25) is 23.5 Å². The van der Waals surface area contributed by atoms with Gasteiger partial charge in [0.25, 0.3) is 5.56 Å². The van der Waals surface area contributed by atoms with Crippen LogP contribution >= 0.6 is 11.6 Å². The second-order valence-electron chi connectivity index (χ2n) is 10.1. The quantitative estimate of drug-likeness (QED) is 0.384. The molecular weight excluding hydrogens is 506 g/mol. The summed E-state index contributed by atoms with van der Waals surface area (Å²) in [6.45, 7) is 7.46. The van der Waals surface area contributed by atoms with E-state index in [-0.39, 0.29) is 17.6 Å². The molecule has 0 spiro atoms. The summed E-state index contributed by atoms with van der Waals surface area (Å²) < 4.78 is 15.4. The summed E-state index contributed by atoms with van der Waals surface area (Å²) in [7, 11) is 0. The second-order valence-corrected chi connectivity index (χ2v) is 10.5. The highest BCUT2D eigenvalue weighted by atomic mass is 35.5. The SMILES string of the molecule is CCCCCn1c(OC2CCN(CC(=O)N3CCOCC3)CC2)cc(=O)n2cc(-c3ccc(Cl)cc3)nc12. The molecule has 2 aliphatic heterocycles. The van der Waals surface area contributed by atoms with Crippen LogP contribution in [0.3, 0.4) is 0 Å². The Morgan fingerprint density at radius 3 is 2.55 bits per heavy atom. The second kappa shape index (κ2) is 12.3. The van der Waals surface area contributed by atoms with E-state index in [1.54, 1.807) is 16.7 Å². The number of hydrogen-bond donors (Lipinski definition) is 0. The van der Waals surface area contributed by atoms with Crippen molar-refractivity contribution < 1.29 is 14.3 Å². The van der Waals surface area contributed by atoms with Crippen LogP contribution < -0.4 is 10.3 Å². The number of amides is 1. The van der Waals surface area contributed by atoms with Gasteiger partial charge in [-0.2, -0.15) is 0 Å². The minimum absolute atomic E-state index is 0.0188. The zero-order chi connectivity index (χ0) is 26.5. The maximum atomic E-state index is 13.1. The topological polar surface area (TPSA) is 81.3 Å². The number of ether oxygens (including phenoxy) is 2. The first kappa shape index (κ1) is 26.7. The number of nitrogens with zero attached hydrogens (tertiary/aromatic N) is 5. The standard InChI is InChI=1S/C28H36ClN5O4/c1-2-3-4-11-33-27(18-25(35)34-19-24(30-28(33)34)21-5-7-22(29)8-6-21)38-23-9-12-31(13-10-23)20-26(36)32-14-16-37-17-15-32/h5-8,18-19,23H,2-4,9-17,20H2,1H3. The van der Waals surface area contributed by atoms with Gasteiger partial charge in [0.15, 0.2) is 0 Å². The van der Waals surface area contributed by atoms with Crippen LogP contribution in [0.15, 0.2) is 41.3 Å². The Balaban J connectivity index is 1.31. The van der Waals surface area contributed by atoms with Crippen LogP contribution in [-0.2, 0) is 16.1 Å². The number of carbonyl (C=O) groups is 1. The summed E-state index contributed by atoms with van der Waals surface area (Å²) in [6.07, 6.45) is 6.51. The van der Waals surface area contributed by atoms with Gasteiger partial charge in [-0.15, -0.1) is 0 Å². The Hall–Kier alpha value is -2.88. The third-order valence-corrected chi connectivity index (χ3v) is 7.60. The van der Waals surface area contributed by atoms with Crippen LogP contribution in [0.4, 0.5) is 0 Å². The number of morpholine rings is 1. The predicted molar refractivity (Wildman–Crippen MR) is 147 cm³/mol. The molecular formula is C28H36ClN5O4. The minimum Gasteiger partial charge on any atom is -0.475 e. The number of hydrogen-bond acceptors (Lipinski definition) is 6. The lowest BCUT2D eigenvalue weighted by atomic mass is 10.1. The van der Waals surface area contributed by atoms with E-state index in [1.165, 1.54) is 0 Å². The van der Waals surface area contributed by atoms with Crippen LogP contribution in [0.1, 0.15) is 39.0 Å². The van der Waals surface area contributed by atoms with Crippen molar-refractivity contribution in [2.24, 2.45) is 0 Å². The van der Waals surface area contributed by atoms with E-state index in [0.29, 0.717) is 49.5 Å². The van der Waals surface area contributed by atoms with Crippen molar-refractivity contribution in [1.82, 2.24) is 23.8 Å². The molecule has 0 radical (unpaired) electrons. The van der Waals surface area contributed by atoms with Crippen molar-refractivity contribution in [1.29, 1.82) is 0 Å². The van der Waals surface area contributed by atoms with E-state index in [9.17, 15) is 9.59 Å². The number of carbonyl (C=O) groups excluding carboxylic acids is 1. The van der Waals surface area contributed by atoms with E-state index in [2.05, 4.69) is 11.8 Å². The molecule has 5 rings (SSSR count). The summed E-state index contributed by atoms with van der Waals surface area (Å²) in [6, 6.07) is 9.05. The molecule has 1 aromatic carbocycles. The van der Waals surface area contributed by atoms with Gasteiger partial charge >= 0.3 is 0 Å². The van der Waals surface area contributed by atoms with Gasteiger partial charge in [0.05, 0.1) is 31.5 Å². The molecule has 0 aliphatic carbocycles. The summed E-state index contributed by atoms with van der Waals surface area (Å²) in [5.41, 5.74) is 1.46. The average molecular weight is 542 g/mol. The average Bonchev–Trinajstić information content (AvgIpc) is 3.38. The zero-order valence-corrected chi connectivity index (χ0v) is 22.7. The lowest BCUT2D eigenvalue weighted by Gasteiger charge is -2.34. The Morgan fingerprint density at radius 2 is 1.84 bits per heavy atom. The van der Waals surface area contributed by atoms with E-state index < -0.39 is 0 Å². The number of likely N-dealkylation sites (tertiary alicyclic amines) is 1. The third-order valence-electron chi connectivity index (χ3n) is 7.35. The van der Waals surface area contributed by atoms with Crippen LogP contribution in [0.5, 0.6) is 5.88 Å².